The van der Waals surface area contributed by atoms with Crippen LogP contribution in [0.5, 0.6) is 0 Å². The summed E-state index contributed by atoms with van der Waals surface area (Å²) in [5.74, 6) is 0. The Kier molecular flexibility index (Phi) is 4.11. The van der Waals surface area contributed by atoms with E-state index in [1.807, 2.05) is 19.1 Å². The van der Waals surface area contributed by atoms with Gasteiger partial charge < -0.3 is 10.1 Å². The minimum atomic E-state index is 0.490. The number of anilines is 1. The van der Waals surface area contributed by atoms with Gasteiger partial charge in [0.15, 0.2) is 0 Å². The average Bonchev–Trinajstić information content (AvgIpc) is 2.27. The Morgan fingerprint density at radius 1 is 1.38 bits per heavy atom. The lowest BCUT2D eigenvalue weighted by atomic mass is 10.1. The van der Waals surface area contributed by atoms with Gasteiger partial charge in [-0.15, -0.1) is 0 Å². The first kappa shape index (κ1) is 12.2. The number of hydrogen-bond donors (Lipinski definition) is 1. The molecule has 1 heterocycles. The van der Waals surface area contributed by atoms with Gasteiger partial charge in [0.2, 0.25) is 0 Å². The third kappa shape index (κ3) is 2.90. The van der Waals surface area contributed by atoms with E-state index in [2.05, 4.69) is 21.2 Å². The second kappa shape index (κ2) is 5.39. The molecule has 88 valence electrons. The van der Waals surface area contributed by atoms with Gasteiger partial charge in [-0.25, -0.2) is 0 Å². The van der Waals surface area contributed by atoms with Gasteiger partial charge in [-0.05, 0) is 53.4 Å². The normalized spacial score (nSPS) is 17.4. The summed E-state index contributed by atoms with van der Waals surface area (Å²) < 4.78 is 6.40. The van der Waals surface area contributed by atoms with Crippen LogP contribution in [0.4, 0.5) is 5.69 Å². The van der Waals surface area contributed by atoms with Gasteiger partial charge in [-0.3, -0.25) is 0 Å². The van der Waals surface area contributed by atoms with E-state index in [1.165, 1.54) is 0 Å². The molecule has 1 saturated heterocycles. The number of hydrogen-bond acceptors (Lipinski definition) is 2. The van der Waals surface area contributed by atoms with Gasteiger partial charge in [0.05, 0.1) is 5.69 Å². The number of nitrogens with one attached hydrogen (secondary N) is 1. The summed E-state index contributed by atoms with van der Waals surface area (Å²) in [6.07, 6.45) is 2.11. The quantitative estimate of drug-likeness (QED) is 0.891. The fraction of sp³-hybridized carbons (Fsp3) is 0.500. The zero-order valence-corrected chi connectivity index (χ0v) is 11.6. The average molecular weight is 305 g/mol. The molecule has 16 heavy (non-hydrogen) atoms. The molecule has 1 N–H and O–H groups in total. The molecule has 2 rings (SSSR count). The monoisotopic (exact) mass is 303 g/mol. The molecule has 0 radical (unpaired) electrons. The van der Waals surface area contributed by atoms with Crippen LogP contribution in [0.1, 0.15) is 18.4 Å². The number of benzene rings is 1. The molecule has 0 bridgehead atoms. The molecule has 1 aliphatic heterocycles. The SMILES string of the molecule is Cc1cc(Br)c(NC2CCOCC2)cc1Cl. The summed E-state index contributed by atoms with van der Waals surface area (Å²) >= 11 is 9.67. The molecule has 1 fully saturated rings. The standard InChI is InChI=1S/C12H15BrClNO/c1-8-6-10(13)12(7-11(8)14)15-9-2-4-16-5-3-9/h6-7,9,15H,2-5H2,1H3. The third-order valence-electron chi connectivity index (χ3n) is 2.83. The molecular formula is C12H15BrClNO. The maximum Gasteiger partial charge on any atom is 0.0501 e. The molecule has 1 aliphatic rings. The van der Waals surface area contributed by atoms with Gasteiger partial charge in [-0.1, -0.05) is 11.6 Å². The van der Waals surface area contributed by atoms with Gasteiger partial charge in [0, 0.05) is 28.8 Å². The highest BCUT2D eigenvalue weighted by molar-refractivity contribution is 9.10. The maximum atomic E-state index is 6.12. The van der Waals surface area contributed by atoms with Crippen LogP contribution in [0.2, 0.25) is 5.02 Å². The predicted molar refractivity (Wildman–Crippen MR) is 71.4 cm³/mol. The van der Waals surface area contributed by atoms with Crippen molar-refractivity contribution in [1.82, 2.24) is 0 Å². The Hall–Kier alpha value is -0.250. The van der Waals surface area contributed by atoms with Crippen LogP contribution in [-0.2, 0) is 4.74 Å². The molecule has 2 nitrogen and oxygen atoms in total. The zero-order valence-electron chi connectivity index (χ0n) is 9.22. The van der Waals surface area contributed by atoms with Crippen molar-refractivity contribution in [1.29, 1.82) is 0 Å². The summed E-state index contributed by atoms with van der Waals surface area (Å²) in [6, 6.07) is 4.52. The molecule has 0 spiro atoms. The van der Waals surface area contributed by atoms with Crippen LogP contribution >= 0.6 is 27.5 Å². The number of rotatable bonds is 2. The van der Waals surface area contributed by atoms with Crippen LogP contribution in [-0.4, -0.2) is 19.3 Å². The Balaban J connectivity index is 2.11. The molecule has 1 aromatic rings. The summed E-state index contributed by atoms with van der Waals surface area (Å²) in [4.78, 5) is 0. The topological polar surface area (TPSA) is 21.3 Å². The zero-order chi connectivity index (χ0) is 11.5. The minimum absolute atomic E-state index is 0.490. The second-order valence-corrected chi connectivity index (χ2v) is 5.37. The first-order valence-corrected chi connectivity index (χ1v) is 6.64. The Labute approximate surface area is 109 Å². The van der Waals surface area contributed by atoms with E-state index in [9.17, 15) is 0 Å². The van der Waals surface area contributed by atoms with Gasteiger partial charge in [0.1, 0.15) is 0 Å². The number of aryl methyl sites for hydroxylation is 1. The van der Waals surface area contributed by atoms with E-state index in [-0.39, 0.29) is 0 Å². The largest absolute Gasteiger partial charge is 0.381 e. The molecule has 0 unspecified atom stereocenters. The van der Waals surface area contributed by atoms with Crippen molar-refractivity contribution < 1.29 is 4.74 Å². The van der Waals surface area contributed by atoms with E-state index in [1.54, 1.807) is 0 Å². The molecular weight excluding hydrogens is 289 g/mol. The van der Waals surface area contributed by atoms with E-state index in [0.29, 0.717) is 6.04 Å². The first-order chi connectivity index (χ1) is 7.66. The smallest absolute Gasteiger partial charge is 0.0501 e. The Morgan fingerprint density at radius 2 is 2.06 bits per heavy atom. The summed E-state index contributed by atoms with van der Waals surface area (Å²) in [5, 5.41) is 4.31. The van der Waals surface area contributed by atoms with E-state index in [4.69, 9.17) is 16.3 Å². The van der Waals surface area contributed by atoms with Crippen molar-refractivity contribution >= 4 is 33.2 Å². The van der Waals surface area contributed by atoms with Gasteiger partial charge >= 0.3 is 0 Å². The first-order valence-electron chi connectivity index (χ1n) is 5.47. The van der Waals surface area contributed by atoms with Crippen LogP contribution in [0, 0.1) is 6.92 Å². The van der Waals surface area contributed by atoms with Crippen molar-refractivity contribution in [3.63, 3.8) is 0 Å². The van der Waals surface area contributed by atoms with E-state index in [0.717, 1.165) is 46.8 Å². The van der Waals surface area contributed by atoms with Crippen LogP contribution < -0.4 is 5.32 Å². The van der Waals surface area contributed by atoms with Gasteiger partial charge in [-0.2, -0.15) is 0 Å². The Bertz CT molecular complexity index is 378. The highest BCUT2D eigenvalue weighted by atomic mass is 79.9. The highest BCUT2D eigenvalue weighted by Crippen LogP contribution is 2.30. The summed E-state index contributed by atoms with van der Waals surface area (Å²) in [5.41, 5.74) is 2.16. The van der Waals surface area contributed by atoms with E-state index >= 15 is 0 Å². The van der Waals surface area contributed by atoms with Crippen molar-refractivity contribution in [3.05, 3.63) is 27.2 Å². The molecule has 0 saturated carbocycles. The molecule has 0 amide bonds. The van der Waals surface area contributed by atoms with Gasteiger partial charge in [0.25, 0.3) is 0 Å². The third-order valence-corrected chi connectivity index (χ3v) is 3.89. The lowest BCUT2D eigenvalue weighted by molar-refractivity contribution is 0.0904. The summed E-state index contributed by atoms with van der Waals surface area (Å²) in [6.45, 7) is 3.69. The molecule has 4 heteroatoms. The second-order valence-electron chi connectivity index (χ2n) is 4.11. The van der Waals surface area contributed by atoms with Crippen molar-refractivity contribution in [2.75, 3.05) is 18.5 Å². The van der Waals surface area contributed by atoms with Crippen molar-refractivity contribution in [3.8, 4) is 0 Å². The molecule has 0 aromatic heterocycles. The lowest BCUT2D eigenvalue weighted by Crippen LogP contribution is -2.27. The van der Waals surface area contributed by atoms with Crippen molar-refractivity contribution in [2.45, 2.75) is 25.8 Å². The van der Waals surface area contributed by atoms with Crippen LogP contribution in [0.15, 0.2) is 16.6 Å². The van der Waals surface area contributed by atoms with Crippen LogP contribution in [0.3, 0.4) is 0 Å². The number of halogens is 2. The minimum Gasteiger partial charge on any atom is -0.381 e. The Morgan fingerprint density at radius 3 is 2.75 bits per heavy atom. The summed E-state index contributed by atoms with van der Waals surface area (Å²) in [7, 11) is 0. The fourth-order valence-corrected chi connectivity index (χ4v) is 2.55. The van der Waals surface area contributed by atoms with Crippen molar-refractivity contribution in [2.24, 2.45) is 0 Å². The van der Waals surface area contributed by atoms with E-state index < -0.39 is 0 Å². The number of ether oxygens (including phenoxy) is 1. The molecule has 0 atom stereocenters. The lowest BCUT2D eigenvalue weighted by Gasteiger charge is -2.25. The molecule has 0 aliphatic carbocycles. The molecule has 1 aromatic carbocycles. The highest BCUT2D eigenvalue weighted by Gasteiger charge is 2.15. The fourth-order valence-electron chi connectivity index (χ4n) is 1.82. The van der Waals surface area contributed by atoms with Crippen LogP contribution in [0.25, 0.3) is 0 Å². The maximum absolute atomic E-state index is 6.12. The predicted octanol–water partition coefficient (Wildman–Crippen LogP) is 4.00.